The third-order valence-electron chi connectivity index (χ3n) is 3.41. The lowest BCUT2D eigenvalue weighted by Gasteiger charge is -2.14. The van der Waals surface area contributed by atoms with Crippen LogP contribution in [0.3, 0.4) is 0 Å². The van der Waals surface area contributed by atoms with Crippen molar-refractivity contribution in [3.05, 3.63) is 60.9 Å². The van der Waals surface area contributed by atoms with Crippen LogP contribution in [0.5, 0.6) is 11.5 Å². The summed E-state index contributed by atoms with van der Waals surface area (Å²) in [6, 6.07) is 17.5. The second kappa shape index (κ2) is 7.53. The monoisotopic (exact) mass is 335 g/mol. The van der Waals surface area contributed by atoms with E-state index in [4.69, 9.17) is 10.5 Å². The smallest absolute Gasteiger partial charge is 0.159 e. The lowest BCUT2D eigenvalue weighted by atomic mass is 10.3. The van der Waals surface area contributed by atoms with E-state index >= 15 is 0 Å². The molecule has 0 unspecified atom stereocenters. The molecule has 0 aliphatic carbocycles. The molecule has 0 aliphatic heterocycles. The van der Waals surface area contributed by atoms with E-state index in [1.807, 2.05) is 68.4 Å². The number of nitrogen functional groups attached to an aromatic ring is 1. The van der Waals surface area contributed by atoms with Crippen LogP contribution in [0, 0.1) is 0 Å². The molecule has 4 N–H and O–H groups in total. The molecule has 0 bridgehead atoms. The van der Waals surface area contributed by atoms with Gasteiger partial charge in [-0.25, -0.2) is 9.97 Å². The number of nitrogens with one attached hydrogen (secondary N) is 2. The van der Waals surface area contributed by atoms with Crippen molar-refractivity contribution >= 4 is 23.0 Å². The molecule has 25 heavy (non-hydrogen) atoms. The van der Waals surface area contributed by atoms with Gasteiger partial charge in [0.25, 0.3) is 0 Å². The predicted octanol–water partition coefficient (Wildman–Crippen LogP) is 4.42. The Morgan fingerprint density at radius 1 is 0.880 bits per heavy atom. The van der Waals surface area contributed by atoms with E-state index in [0.29, 0.717) is 17.3 Å². The Labute approximate surface area is 147 Å². The molecule has 2 aromatic carbocycles. The Kier molecular flexibility index (Phi) is 4.99. The minimum atomic E-state index is 0.236. The fourth-order valence-corrected chi connectivity index (χ4v) is 2.25. The summed E-state index contributed by atoms with van der Waals surface area (Å²) in [5.41, 5.74) is 7.49. The van der Waals surface area contributed by atoms with Gasteiger partial charge in [0.2, 0.25) is 0 Å². The molecule has 0 saturated heterocycles. The zero-order chi connectivity index (χ0) is 17.6. The summed E-state index contributed by atoms with van der Waals surface area (Å²) >= 11 is 0. The van der Waals surface area contributed by atoms with Gasteiger partial charge in [0.1, 0.15) is 23.5 Å². The highest BCUT2D eigenvalue weighted by atomic mass is 16.5. The summed E-state index contributed by atoms with van der Waals surface area (Å²) in [7, 11) is 0. The first kappa shape index (κ1) is 16.6. The highest BCUT2D eigenvalue weighted by molar-refractivity contribution is 5.77. The van der Waals surface area contributed by atoms with Gasteiger partial charge in [-0.15, -0.1) is 0 Å². The van der Waals surface area contributed by atoms with Gasteiger partial charge in [0.05, 0.1) is 0 Å². The van der Waals surface area contributed by atoms with Crippen molar-refractivity contribution < 1.29 is 4.74 Å². The number of anilines is 4. The lowest BCUT2D eigenvalue weighted by Crippen LogP contribution is -2.14. The molecule has 0 atom stereocenters. The molecule has 1 aromatic heterocycles. The van der Waals surface area contributed by atoms with Crippen LogP contribution < -0.4 is 21.1 Å². The van der Waals surface area contributed by atoms with E-state index < -0.39 is 0 Å². The average Bonchev–Trinajstić information content (AvgIpc) is 2.61. The quantitative estimate of drug-likeness (QED) is 0.618. The Balaban J connectivity index is 1.71. The fourth-order valence-electron chi connectivity index (χ4n) is 2.25. The number of ether oxygens (including phenoxy) is 1. The average molecular weight is 335 g/mol. The maximum Gasteiger partial charge on any atom is 0.159 e. The second-order valence-corrected chi connectivity index (χ2v) is 5.85. The van der Waals surface area contributed by atoms with E-state index in [1.165, 1.54) is 6.33 Å². The van der Waals surface area contributed by atoms with Gasteiger partial charge in [-0.05, 0) is 50.2 Å². The van der Waals surface area contributed by atoms with Crippen molar-refractivity contribution in [2.45, 2.75) is 19.9 Å². The zero-order valence-electron chi connectivity index (χ0n) is 14.2. The molecule has 0 fully saturated rings. The van der Waals surface area contributed by atoms with Crippen LogP contribution in [0.25, 0.3) is 0 Å². The number of nitrogens with two attached hydrogens (primary N) is 1. The van der Waals surface area contributed by atoms with Gasteiger partial charge in [0, 0.05) is 11.7 Å². The number of rotatable bonds is 6. The van der Waals surface area contributed by atoms with Crippen molar-refractivity contribution in [3.63, 3.8) is 0 Å². The van der Waals surface area contributed by atoms with Crippen LogP contribution in [0.15, 0.2) is 60.9 Å². The molecule has 0 amide bonds. The molecule has 0 spiro atoms. The van der Waals surface area contributed by atoms with Crippen LogP contribution in [-0.4, -0.2) is 16.0 Å². The van der Waals surface area contributed by atoms with E-state index in [2.05, 4.69) is 20.6 Å². The van der Waals surface area contributed by atoms with Crippen molar-refractivity contribution in [2.24, 2.45) is 0 Å². The molecule has 1 heterocycles. The Morgan fingerprint density at radius 3 is 2.20 bits per heavy atom. The maximum atomic E-state index is 6.14. The number of hydrogen-bond donors (Lipinski definition) is 3. The minimum absolute atomic E-state index is 0.236. The van der Waals surface area contributed by atoms with E-state index in [0.717, 1.165) is 17.2 Å². The third kappa shape index (κ3) is 4.38. The number of nitrogens with zero attached hydrogens (tertiary/aromatic N) is 2. The standard InChI is InChI=1S/C19H21N5O/c1-13(2)23-18-17(20)19(22-12-21-18)24-14-8-10-16(11-9-14)25-15-6-4-3-5-7-15/h3-13H,20H2,1-2H3,(H2,21,22,23,24). The van der Waals surface area contributed by atoms with Gasteiger partial charge >= 0.3 is 0 Å². The van der Waals surface area contributed by atoms with Crippen molar-refractivity contribution in [1.82, 2.24) is 9.97 Å². The summed E-state index contributed by atoms with van der Waals surface area (Å²) in [4.78, 5) is 8.39. The topological polar surface area (TPSA) is 85.1 Å². The van der Waals surface area contributed by atoms with Gasteiger partial charge < -0.3 is 21.1 Å². The van der Waals surface area contributed by atoms with Crippen LogP contribution >= 0.6 is 0 Å². The summed E-state index contributed by atoms with van der Waals surface area (Å²) in [6.07, 6.45) is 1.48. The second-order valence-electron chi connectivity index (χ2n) is 5.85. The van der Waals surface area contributed by atoms with E-state index in [1.54, 1.807) is 0 Å². The summed E-state index contributed by atoms with van der Waals surface area (Å²) < 4.78 is 5.78. The first-order valence-electron chi connectivity index (χ1n) is 8.09. The predicted molar refractivity (Wildman–Crippen MR) is 101 cm³/mol. The zero-order valence-corrected chi connectivity index (χ0v) is 14.2. The lowest BCUT2D eigenvalue weighted by molar-refractivity contribution is 0.483. The molecule has 3 rings (SSSR count). The van der Waals surface area contributed by atoms with E-state index in [9.17, 15) is 0 Å². The van der Waals surface area contributed by atoms with Crippen LogP contribution in [0.2, 0.25) is 0 Å². The molecule has 6 nitrogen and oxygen atoms in total. The molecular formula is C19H21N5O. The van der Waals surface area contributed by atoms with Gasteiger partial charge in [-0.2, -0.15) is 0 Å². The largest absolute Gasteiger partial charge is 0.457 e. The molecule has 128 valence electrons. The molecule has 0 radical (unpaired) electrons. The van der Waals surface area contributed by atoms with Gasteiger partial charge in [-0.3, -0.25) is 0 Å². The highest BCUT2D eigenvalue weighted by Crippen LogP contribution is 2.28. The number of para-hydroxylation sites is 1. The molecule has 3 aromatic rings. The molecule has 0 aliphatic rings. The first-order valence-corrected chi connectivity index (χ1v) is 8.09. The Morgan fingerprint density at radius 2 is 1.52 bits per heavy atom. The fraction of sp³-hybridized carbons (Fsp3) is 0.158. The third-order valence-corrected chi connectivity index (χ3v) is 3.41. The first-order chi connectivity index (χ1) is 12.1. The van der Waals surface area contributed by atoms with Crippen molar-refractivity contribution in [3.8, 4) is 11.5 Å². The molecule has 6 heteroatoms. The van der Waals surface area contributed by atoms with Gasteiger partial charge in [0.15, 0.2) is 11.6 Å². The summed E-state index contributed by atoms with van der Waals surface area (Å²) in [5, 5.41) is 6.40. The molecular weight excluding hydrogens is 314 g/mol. The van der Waals surface area contributed by atoms with Crippen LogP contribution in [0.4, 0.5) is 23.0 Å². The van der Waals surface area contributed by atoms with Gasteiger partial charge in [-0.1, -0.05) is 18.2 Å². The number of benzene rings is 2. The minimum Gasteiger partial charge on any atom is -0.457 e. The maximum absolute atomic E-state index is 6.14. The Bertz CT molecular complexity index is 819. The summed E-state index contributed by atoms with van der Waals surface area (Å²) in [6.45, 7) is 4.06. The van der Waals surface area contributed by atoms with E-state index in [-0.39, 0.29) is 6.04 Å². The normalized spacial score (nSPS) is 10.5. The number of aromatic nitrogens is 2. The van der Waals surface area contributed by atoms with Crippen LogP contribution in [0.1, 0.15) is 13.8 Å². The molecule has 0 saturated carbocycles. The Hall–Kier alpha value is -3.28. The SMILES string of the molecule is CC(C)Nc1ncnc(Nc2ccc(Oc3ccccc3)cc2)c1N. The van der Waals surface area contributed by atoms with Crippen molar-refractivity contribution in [2.75, 3.05) is 16.4 Å². The summed E-state index contributed by atoms with van der Waals surface area (Å²) in [5.74, 6) is 2.74. The highest BCUT2D eigenvalue weighted by Gasteiger charge is 2.09. The van der Waals surface area contributed by atoms with Crippen LogP contribution in [-0.2, 0) is 0 Å². The van der Waals surface area contributed by atoms with Crippen molar-refractivity contribution in [1.29, 1.82) is 0 Å². The number of hydrogen-bond acceptors (Lipinski definition) is 6.